The van der Waals surface area contributed by atoms with Crippen LogP contribution in [0.15, 0.2) is 48.5 Å². The van der Waals surface area contributed by atoms with Gasteiger partial charge >= 0.3 is 0 Å². The molecule has 0 saturated carbocycles. The molecule has 1 aliphatic rings. The molecule has 0 N–H and O–H groups in total. The number of piperazine rings is 1. The van der Waals surface area contributed by atoms with Crippen LogP contribution in [0.1, 0.15) is 16.2 Å². The minimum Gasteiger partial charge on any atom is -0.368 e. The monoisotopic (exact) mass is 437 g/mol. The van der Waals surface area contributed by atoms with Gasteiger partial charge in [0.1, 0.15) is 0 Å². The summed E-state index contributed by atoms with van der Waals surface area (Å²) in [6.07, 6.45) is 0. The molecule has 0 atom stereocenters. The van der Waals surface area contributed by atoms with Crippen LogP contribution in [0.4, 0.5) is 17.1 Å². The Morgan fingerprint density at radius 2 is 1.47 bits per heavy atom. The first-order valence-corrected chi connectivity index (χ1v) is 9.81. The number of anilines is 1. The van der Waals surface area contributed by atoms with Gasteiger partial charge in [-0.2, -0.15) is 0 Å². The van der Waals surface area contributed by atoms with Gasteiger partial charge in [0, 0.05) is 56.1 Å². The molecule has 12 heteroatoms. The fourth-order valence-corrected chi connectivity index (χ4v) is 3.63. The quantitative estimate of drug-likeness (QED) is 0.437. The lowest BCUT2D eigenvalue weighted by Crippen LogP contribution is -2.49. The van der Waals surface area contributed by atoms with E-state index >= 15 is 0 Å². The molecular formula is C20H19N7O5. The fraction of sp³-hybridized carbons (Fsp3) is 0.250. The third kappa shape index (κ3) is 3.97. The number of non-ortho nitro benzene ring substituents is 2. The molecule has 0 radical (unpaired) electrons. The average molecular weight is 437 g/mol. The standard InChI is InChI=1S/C20H19N7O5/c1-14-19(21-22-25(14)16-5-3-7-18(13-16)27(31)32)20(28)24-10-8-23(9-11-24)15-4-2-6-17(12-15)26(29)30/h2-7,12-13H,8-11H2,1H3. The summed E-state index contributed by atoms with van der Waals surface area (Å²) in [6.45, 7) is 3.57. The molecule has 1 aliphatic heterocycles. The van der Waals surface area contributed by atoms with Crippen LogP contribution >= 0.6 is 0 Å². The van der Waals surface area contributed by atoms with Crippen LogP contribution in [-0.4, -0.2) is 61.8 Å². The Labute approximate surface area is 182 Å². The Bertz CT molecular complexity index is 1200. The Morgan fingerprint density at radius 1 is 0.906 bits per heavy atom. The number of nitro benzene ring substituents is 2. The number of aromatic nitrogens is 3. The first-order chi connectivity index (χ1) is 15.3. The molecule has 1 aromatic heterocycles. The highest BCUT2D eigenvalue weighted by atomic mass is 16.6. The van der Waals surface area contributed by atoms with E-state index in [9.17, 15) is 25.0 Å². The van der Waals surface area contributed by atoms with E-state index in [1.807, 2.05) is 4.90 Å². The second-order valence-corrected chi connectivity index (χ2v) is 7.27. The number of nitro groups is 2. The van der Waals surface area contributed by atoms with Crippen molar-refractivity contribution in [3.8, 4) is 5.69 Å². The number of amides is 1. The van der Waals surface area contributed by atoms with E-state index in [1.54, 1.807) is 36.1 Å². The van der Waals surface area contributed by atoms with Crippen LogP contribution in [0, 0.1) is 27.2 Å². The van der Waals surface area contributed by atoms with Gasteiger partial charge in [0.05, 0.1) is 21.2 Å². The fourth-order valence-electron chi connectivity index (χ4n) is 3.63. The first-order valence-electron chi connectivity index (χ1n) is 9.81. The van der Waals surface area contributed by atoms with Gasteiger partial charge in [0.25, 0.3) is 17.3 Å². The number of hydrogen-bond donors (Lipinski definition) is 0. The Balaban J connectivity index is 1.47. The summed E-state index contributed by atoms with van der Waals surface area (Å²) < 4.78 is 1.40. The molecule has 0 bridgehead atoms. The normalized spacial score (nSPS) is 13.8. The molecule has 2 aromatic carbocycles. The molecule has 1 fully saturated rings. The maximum absolute atomic E-state index is 13.0. The van der Waals surface area contributed by atoms with Gasteiger partial charge < -0.3 is 9.80 Å². The lowest BCUT2D eigenvalue weighted by Gasteiger charge is -2.35. The number of carbonyl (C=O) groups excluding carboxylic acids is 1. The number of nitrogens with zero attached hydrogens (tertiary/aromatic N) is 7. The summed E-state index contributed by atoms with van der Waals surface area (Å²) in [5.74, 6) is -0.280. The number of benzene rings is 2. The zero-order valence-electron chi connectivity index (χ0n) is 17.1. The minimum atomic E-state index is -0.497. The topological polar surface area (TPSA) is 141 Å². The van der Waals surface area contributed by atoms with E-state index in [2.05, 4.69) is 10.3 Å². The van der Waals surface area contributed by atoms with Gasteiger partial charge in [-0.15, -0.1) is 5.10 Å². The summed E-state index contributed by atoms with van der Waals surface area (Å²) >= 11 is 0. The van der Waals surface area contributed by atoms with E-state index in [1.165, 1.54) is 28.9 Å². The summed E-state index contributed by atoms with van der Waals surface area (Å²) in [7, 11) is 0. The van der Waals surface area contributed by atoms with E-state index in [0.717, 1.165) is 5.69 Å². The molecule has 4 rings (SSSR count). The van der Waals surface area contributed by atoms with Crippen molar-refractivity contribution >= 4 is 23.0 Å². The zero-order chi connectivity index (χ0) is 22.8. The Kier molecular flexibility index (Phi) is 5.50. The lowest BCUT2D eigenvalue weighted by molar-refractivity contribution is -0.385. The van der Waals surface area contributed by atoms with Crippen molar-refractivity contribution < 1.29 is 14.6 Å². The smallest absolute Gasteiger partial charge is 0.276 e. The zero-order valence-corrected chi connectivity index (χ0v) is 17.1. The molecule has 0 unspecified atom stereocenters. The molecule has 0 spiro atoms. The molecule has 1 saturated heterocycles. The average Bonchev–Trinajstić information content (AvgIpc) is 3.20. The molecule has 32 heavy (non-hydrogen) atoms. The SMILES string of the molecule is Cc1c(C(=O)N2CCN(c3cccc([N+](=O)[O-])c3)CC2)nnn1-c1cccc([N+](=O)[O-])c1. The molecule has 164 valence electrons. The van der Waals surface area contributed by atoms with Gasteiger partial charge in [-0.25, -0.2) is 4.68 Å². The first kappa shape index (κ1) is 20.9. The van der Waals surface area contributed by atoms with Gasteiger partial charge in [-0.3, -0.25) is 25.0 Å². The number of carbonyl (C=O) groups is 1. The van der Waals surface area contributed by atoms with Gasteiger partial charge in [-0.1, -0.05) is 17.3 Å². The van der Waals surface area contributed by atoms with Gasteiger partial charge in [-0.05, 0) is 19.1 Å². The summed E-state index contributed by atoms with van der Waals surface area (Å²) in [6, 6.07) is 12.4. The van der Waals surface area contributed by atoms with Crippen molar-refractivity contribution in [1.82, 2.24) is 19.9 Å². The van der Waals surface area contributed by atoms with Crippen molar-refractivity contribution in [2.75, 3.05) is 31.1 Å². The minimum absolute atomic E-state index is 0.0226. The molecular weight excluding hydrogens is 418 g/mol. The molecule has 1 amide bonds. The number of rotatable bonds is 5. The second kappa shape index (κ2) is 8.41. The summed E-state index contributed by atoms with van der Waals surface area (Å²) in [4.78, 5) is 37.8. The van der Waals surface area contributed by atoms with Crippen LogP contribution in [0.5, 0.6) is 0 Å². The predicted octanol–water partition coefficient (Wildman–Crippen LogP) is 2.35. The predicted molar refractivity (Wildman–Crippen MR) is 114 cm³/mol. The van der Waals surface area contributed by atoms with Crippen molar-refractivity contribution in [2.45, 2.75) is 6.92 Å². The highest BCUT2D eigenvalue weighted by molar-refractivity contribution is 5.93. The van der Waals surface area contributed by atoms with Gasteiger partial charge in [0.15, 0.2) is 5.69 Å². The van der Waals surface area contributed by atoms with Crippen molar-refractivity contribution in [3.05, 3.63) is 80.1 Å². The largest absolute Gasteiger partial charge is 0.368 e. The van der Waals surface area contributed by atoms with Crippen LogP contribution in [0.2, 0.25) is 0 Å². The van der Waals surface area contributed by atoms with Crippen LogP contribution in [0.3, 0.4) is 0 Å². The Morgan fingerprint density at radius 3 is 2.06 bits per heavy atom. The molecule has 3 aromatic rings. The van der Waals surface area contributed by atoms with E-state index < -0.39 is 9.85 Å². The van der Waals surface area contributed by atoms with Crippen LogP contribution < -0.4 is 4.90 Å². The Hall–Kier alpha value is -4.35. The van der Waals surface area contributed by atoms with Crippen molar-refractivity contribution in [2.24, 2.45) is 0 Å². The van der Waals surface area contributed by atoms with E-state index in [4.69, 9.17) is 0 Å². The summed E-state index contributed by atoms with van der Waals surface area (Å²) in [5, 5.41) is 30.1. The maximum atomic E-state index is 13.0. The second-order valence-electron chi connectivity index (χ2n) is 7.27. The highest BCUT2D eigenvalue weighted by Crippen LogP contribution is 2.23. The summed E-state index contributed by atoms with van der Waals surface area (Å²) in [5.41, 5.74) is 1.78. The third-order valence-electron chi connectivity index (χ3n) is 5.35. The van der Waals surface area contributed by atoms with E-state index in [0.29, 0.717) is 37.6 Å². The van der Waals surface area contributed by atoms with Crippen molar-refractivity contribution in [3.63, 3.8) is 0 Å². The molecule has 0 aliphatic carbocycles. The maximum Gasteiger partial charge on any atom is 0.276 e. The lowest BCUT2D eigenvalue weighted by atomic mass is 10.2. The highest BCUT2D eigenvalue weighted by Gasteiger charge is 2.27. The van der Waals surface area contributed by atoms with Crippen LogP contribution in [0.25, 0.3) is 5.69 Å². The van der Waals surface area contributed by atoms with Crippen molar-refractivity contribution in [1.29, 1.82) is 0 Å². The van der Waals surface area contributed by atoms with Gasteiger partial charge in [0.2, 0.25) is 0 Å². The molecule has 2 heterocycles. The van der Waals surface area contributed by atoms with E-state index in [-0.39, 0.29) is 23.0 Å². The molecule has 12 nitrogen and oxygen atoms in total. The third-order valence-corrected chi connectivity index (χ3v) is 5.35. The number of hydrogen-bond acceptors (Lipinski definition) is 8. The van der Waals surface area contributed by atoms with Crippen LogP contribution in [-0.2, 0) is 0 Å².